The molecule has 0 spiro atoms. The van der Waals surface area contributed by atoms with E-state index in [0.717, 1.165) is 36.8 Å². The predicted octanol–water partition coefficient (Wildman–Crippen LogP) is 4.78. The van der Waals surface area contributed by atoms with Crippen LogP contribution in [0, 0.1) is 0 Å². The number of amides is 3. The second kappa shape index (κ2) is 16.4. The molecule has 9 nitrogen and oxygen atoms in total. The number of hydrogen-bond acceptors (Lipinski definition) is 5. The maximum absolute atomic E-state index is 13.8. The first-order valence-corrected chi connectivity index (χ1v) is 14.3. The van der Waals surface area contributed by atoms with Crippen LogP contribution in [0.4, 0.5) is 4.79 Å². The first-order valence-electron chi connectivity index (χ1n) is 14.3. The fourth-order valence-electron chi connectivity index (χ4n) is 4.36. The summed E-state index contributed by atoms with van der Waals surface area (Å²) in [5.41, 5.74) is -0.417. The lowest BCUT2D eigenvalue weighted by Gasteiger charge is -2.32. The lowest BCUT2D eigenvalue weighted by Crippen LogP contribution is -2.62. The fraction of sp³-hybridized carbons (Fsp3) is 0.500. The zero-order valence-electron chi connectivity index (χ0n) is 24.7. The zero-order valence-corrected chi connectivity index (χ0v) is 24.7. The molecule has 0 radical (unpaired) electrons. The first-order chi connectivity index (χ1) is 19.4. The number of ether oxygens (including phenoxy) is 1. The van der Waals surface area contributed by atoms with Gasteiger partial charge in [0, 0.05) is 25.8 Å². The molecule has 0 bridgehead atoms. The minimum absolute atomic E-state index is 0.170. The summed E-state index contributed by atoms with van der Waals surface area (Å²) in [5.74, 6) is -1.60. The summed E-state index contributed by atoms with van der Waals surface area (Å²) in [4.78, 5) is 50.5. The van der Waals surface area contributed by atoms with Crippen LogP contribution in [-0.4, -0.2) is 52.7 Å². The smallest absolute Gasteiger partial charge is 0.408 e. The Labute approximate surface area is 243 Å². The van der Waals surface area contributed by atoms with Crippen LogP contribution in [0.2, 0.25) is 0 Å². The van der Waals surface area contributed by atoms with Crippen molar-refractivity contribution in [2.45, 2.75) is 96.2 Å². The van der Waals surface area contributed by atoms with Crippen LogP contribution in [0.5, 0.6) is 0 Å². The third-order valence-electron chi connectivity index (χ3n) is 6.45. The highest BCUT2D eigenvalue weighted by molar-refractivity contribution is 5.94. The van der Waals surface area contributed by atoms with Crippen LogP contribution in [0.3, 0.4) is 0 Å². The van der Waals surface area contributed by atoms with Gasteiger partial charge in [-0.25, -0.2) is 4.79 Å². The number of carboxylic acid groups (broad SMARTS) is 1. The summed E-state index contributed by atoms with van der Waals surface area (Å²) >= 11 is 0. The van der Waals surface area contributed by atoms with E-state index in [0.29, 0.717) is 13.0 Å². The molecule has 4 N–H and O–H groups in total. The van der Waals surface area contributed by atoms with Crippen LogP contribution in [0.15, 0.2) is 60.7 Å². The molecule has 2 aromatic rings. The van der Waals surface area contributed by atoms with E-state index in [1.54, 1.807) is 27.7 Å². The molecule has 9 heteroatoms. The van der Waals surface area contributed by atoms with Crippen molar-refractivity contribution in [2.24, 2.45) is 0 Å². The van der Waals surface area contributed by atoms with Gasteiger partial charge in [0.15, 0.2) is 0 Å². The molecule has 0 aromatic heterocycles. The molecule has 224 valence electrons. The Morgan fingerprint density at radius 2 is 1.37 bits per heavy atom. The first kappa shape index (κ1) is 33.3. The lowest BCUT2D eigenvalue weighted by atomic mass is 9.91. The summed E-state index contributed by atoms with van der Waals surface area (Å²) in [5, 5.41) is 17.3. The number of alkyl carbamates (subject to hydrolysis) is 1. The Morgan fingerprint density at radius 3 is 1.95 bits per heavy atom. The van der Waals surface area contributed by atoms with Gasteiger partial charge < -0.3 is 25.8 Å². The van der Waals surface area contributed by atoms with Gasteiger partial charge in [-0.05, 0) is 51.7 Å². The van der Waals surface area contributed by atoms with E-state index in [4.69, 9.17) is 9.84 Å². The van der Waals surface area contributed by atoms with Gasteiger partial charge in [0.1, 0.15) is 17.2 Å². The molecular weight excluding hydrogens is 522 g/mol. The summed E-state index contributed by atoms with van der Waals surface area (Å²) in [6, 6.07) is 17.9. The number of nitrogens with one attached hydrogen (secondary N) is 3. The average Bonchev–Trinajstić information content (AvgIpc) is 2.89. The Bertz CT molecular complexity index is 1120. The van der Waals surface area contributed by atoms with Crippen molar-refractivity contribution in [2.75, 3.05) is 6.54 Å². The highest BCUT2D eigenvalue weighted by atomic mass is 16.6. The standard InChI is InChI=1S/C32H45N3O6/c1-31(2,3)41-30(40)35-32(4,23-25-18-12-9-13-19-25)29(39)34-26(22-24-16-10-8-11-17-24)28(38)33-21-15-7-5-6-14-20-27(36)37/h8-13,16-19,26H,5-7,14-15,20-23H2,1-4H3,(H,33,38)(H,34,39)(H,35,40)(H,36,37)/t26?,32-/m0/s1. The number of unbranched alkanes of at least 4 members (excludes halogenated alkanes) is 4. The van der Waals surface area contributed by atoms with Gasteiger partial charge in [-0.15, -0.1) is 0 Å². The highest BCUT2D eigenvalue weighted by Gasteiger charge is 2.38. The van der Waals surface area contributed by atoms with Gasteiger partial charge in [-0.3, -0.25) is 14.4 Å². The molecule has 2 atom stereocenters. The number of rotatable bonds is 16. The van der Waals surface area contributed by atoms with Crippen molar-refractivity contribution in [3.8, 4) is 0 Å². The normalized spacial score (nSPS) is 13.4. The van der Waals surface area contributed by atoms with Gasteiger partial charge >= 0.3 is 12.1 Å². The molecular formula is C32H45N3O6. The van der Waals surface area contributed by atoms with Crippen LogP contribution < -0.4 is 16.0 Å². The number of benzene rings is 2. The molecule has 0 aliphatic rings. The van der Waals surface area contributed by atoms with Crippen LogP contribution >= 0.6 is 0 Å². The van der Waals surface area contributed by atoms with E-state index in [1.165, 1.54) is 0 Å². The molecule has 0 saturated carbocycles. The van der Waals surface area contributed by atoms with Crippen molar-refractivity contribution in [3.05, 3.63) is 71.8 Å². The Kier molecular flexibility index (Phi) is 13.3. The van der Waals surface area contributed by atoms with Crippen molar-refractivity contribution < 1.29 is 29.0 Å². The van der Waals surface area contributed by atoms with Gasteiger partial charge in [-0.2, -0.15) is 0 Å². The lowest BCUT2D eigenvalue weighted by molar-refractivity contribution is -0.137. The van der Waals surface area contributed by atoms with Crippen LogP contribution in [-0.2, 0) is 32.0 Å². The van der Waals surface area contributed by atoms with Gasteiger partial charge in [0.2, 0.25) is 11.8 Å². The fourth-order valence-corrected chi connectivity index (χ4v) is 4.36. The molecule has 0 saturated heterocycles. The number of hydrogen-bond donors (Lipinski definition) is 4. The van der Waals surface area contributed by atoms with Gasteiger partial charge in [0.05, 0.1) is 0 Å². The van der Waals surface area contributed by atoms with Gasteiger partial charge in [0.25, 0.3) is 0 Å². The molecule has 1 unspecified atom stereocenters. The molecule has 41 heavy (non-hydrogen) atoms. The molecule has 0 aliphatic heterocycles. The zero-order chi connectivity index (χ0) is 30.3. The van der Waals surface area contributed by atoms with E-state index in [9.17, 15) is 19.2 Å². The third kappa shape index (κ3) is 13.4. The predicted molar refractivity (Wildman–Crippen MR) is 158 cm³/mol. The number of carboxylic acids is 1. The van der Waals surface area contributed by atoms with Crippen molar-refractivity contribution >= 4 is 23.9 Å². The van der Waals surface area contributed by atoms with Crippen LogP contribution in [0.25, 0.3) is 0 Å². The topological polar surface area (TPSA) is 134 Å². The maximum atomic E-state index is 13.8. The van der Waals surface area contributed by atoms with Crippen molar-refractivity contribution in [1.29, 1.82) is 0 Å². The third-order valence-corrected chi connectivity index (χ3v) is 6.45. The van der Waals surface area contributed by atoms with E-state index in [1.807, 2.05) is 60.7 Å². The molecule has 0 fully saturated rings. The summed E-state index contributed by atoms with van der Waals surface area (Å²) in [6.07, 6.45) is 3.90. The second-order valence-electron chi connectivity index (χ2n) is 11.5. The SMILES string of the molecule is CC(C)(C)OC(=O)N[C@@](C)(Cc1ccccc1)C(=O)NC(Cc1ccccc1)C(=O)NCCCCCCCC(=O)O. The van der Waals surface area contributed by atoms with E-state index >= 15 is 0 Å². The Hall–Kier alpha value is -3.88. The van der Waals surface area contributed by atoms with E-state index in [2.05, 4.69) is 16.0 Å². The maximum Gasteiger partial charge on any atom is 0.408 e. The molecule has 0 heterocycles. The van der Waals surface area contributed by atoms with Crippen molar-refractivity contribution in [1.82, 2.24) is 16.0 Å². The van der Waals surface area contributed by atoms with Gasteiger partial charge in [-0.1, -0.05) is 79.9 Å². The minimum atomic E-state index is -1.39. The number of carbonyl (C=O) groups excluding carboxylic acids is 3. The molecule has 2 aromatic carbocycles. The largest absolute Gasteiger partial charge is 0.481 e. The molecule has 0 aliphatic carbocycles. The minimum Gasteiger partial charge on any atom is -0.481 e. The van der Waals surface area contributed by atoms with Crippen molar-refractivity contribution in [3.63, 3.8) is 0 Å². The quantitative estimate of drug-likeness (QED) is 0.216. The van der Waals surface area contributed by atoms with E-state index in [-0.39, 0.29) is 25.2 Å². The Balaban J connectivity index is 2.12. The molecule has 3 amide bonds. The number of aliphatic carboxylic acids is 1. The second-order valence-corrected chi connectivity index (χ2v) is 11.5. The van der Waals surface area contributed by atoms with E-state index < -0.39 is 35.2 Å². The summed E-state index contributed by atoms with van der Waals surface area (Å²) < 4.78 is 5.44. The highest BCUT2D eigenvalue weighted by Crippen LogP contribution is 2.17. The molecule has 2 rings (SSSR count). The van der Waals surface area contributed by atoms with Crippen LogP contribution in [0.1, 0.15) is 77.3 Å². The number of carbonyl (C=O) groups is 4. The average molecular weight is 568 g/mol. The monoisotopic (exact) mass is 567 g/mol. The summed E-state index contributed by atoms with van der Waals surface area (Å²) in [6.45, 7) is 7.31. The summed E-state index contributed by atoms with van der Waals surface area (Å²) in [7, 11) is 0. The Morgan fingerprint density at radius 1 is 0.805 bits per heavy atom.